The van der Waals surface area contributed by atoms with Crippen molar-refractivity contribution in [1.82, 2.24) is 5.32 Å². The van der Waals surface area contributed by atoms with Crippen LogP contribution in [-0.4, -0.2) is 38.6 Å². The van der Waals surface area contributed by atoms with Crippen LogP contribution < -0.4 is 16.0 Å². The molecule has 0 spiro atoms. The number of rotatable bonds is 2. The molecular weight excluding hydrogens is 282 g/mol. The minimum absolute atomic E-state index is 0.105. The number of nitrogens with one attached hydrogen (secondary N) is 1. The molecule has 0 saturated carbocycles. The summed E-state index contributed by atoms with van der Waals surface area (Å²) >= 11 is 6.21. The van der Waals surface area contributed by atoms with Gasteiger partial charge in [-0.25, -0.2) is 4.79 Å². The second kappa shape index (κ2) is 6.00. The topological polar surface area (TPSA) is 84.7 Å². The molecule has 3 N–H and O–H groups in total. The Morgan fingerprint density at radius 3 is 2.95 bits per heavy atom. The highest BCUT2D eigenvalue weighted by Gasteiger charge is 2.24. The lowest BCUT2D eigenvalue weighted by Crippen LogP contribution is -2.34. The molecule has 0 aliphatic carbocycles. The van der Waals surface area contributed by atoms with E-state index in [0.717, 1.165) is 6.42 Å². The van der Waals surface area contributed by atoms with Gasteiger partial charge in [-0.2, -0.15) is 0 Å². The maximum Gasteiger partial charge on any atom is 0.340 e. The Kier molecular flexibility index (Phi) is 4.34. The van der Waals surface area contributed by atoms with Crippen LogP contribution in [0.25, 0.3) is 0 Å². The van der Waals surface area contributed by atoms with Gasteiger partial charge < -0.3 is 20.7 Å². The Morgan fingerprint density at radius 2 is 2.25 bits per heavy atom. The van der Waals surface area contributed by atoms with Gasteiger partial charge in [0.2, 0.25) is 5.91 Å². The summed E-state index contributed by atoms with van der Waals surface area (Å²) in [5, 5.41) is 3.11. The molecule has 6 nitrogen and oxygen atoms in total. The number of ether oxygens (including phenoxy) is 1. The van der Waals surface area contributed by atoms with Crippen molar-refractivity contribution in [3.8, 4) is 0 Å². The minimum atomic E-state index is -0.529. The zero-order chi connectivity index (χ0) is 14.7. The average molecular weight is 298 g/mol. The van der Waals surface area contributed by atoms with Gasteiger partial charge in [0, 0.05) is 18.8 Å². The van der Waals surface area contributed by atoms with Crippen molar-refractivity contribution in [1.29, 1.82) is 0 Å². The van der Waals surface area contributed by atoms with E-state index in [4.69, 9.17) is 22.1 Å². The molecule has 0 unspecified atom stereocenters. The summed E-state index contributed by atoms with van der Waals surface area (Å²) in [7, 11) is 1.29. The third-order valence-electron chi connectivity index (χ3n) is 3.07. The maximum atomic E-state index is 11.9. The Hall–Kier alpha value is -1.95. The second-order valence-electron chi connectivity index (χ2n) is 4.52. The molecule has 7 heteroatoms. The van der Waals surface area contributed by atoms with Crippen LogP contribution in [-0.2, 0) is 9.53 Å². The first-order chi connectivity index (χ1) is 9.52. The van der Waals surface area contributed by atoms with Gasteiger partial charge in [-0.3, -0.25) is 4.79 Å². The molecule has 1 aromatic carbocycles. The molecule has 2 rings (SSSR count). The number of benzene rings is 1. The Bertz CT molecular complexity index is 548. The van der Waals surface area contributed by atoms with Crippen molar-refractivity contribution < 1.29 is 14.3 Å². The van der Waals surface area contributed by atoms with E-state index in [2.05, 4.69) is 5.32 Å². The average Bonchev–Trinajstić information content (AvgIpc) is 2.61. The summed E-state index contributed by atoms with van der Waals surface area (Å²) in [6.07, 6.45) is 0.771. The Morgan fingerprint density at radius 1 is 1.50 bits per heavy atom. The zero-order valence-electron chi connectivity index (χ0n) is 11.1. The first-order valence-corrected chi connectivity index (χ1v) is 6.59. The van der Waals surface area contributed by atoms with E-state index < -0.39 is 5.97 Å². The van der Waals surface area contributed by atoms with Crippen molar-refractivity contribution in [3.05, 3.63) is 22.7 Å². The molecule has 108 valence electrons. The fourth-order valence-electron chi connectivity index (χ4n) is 2.20. The summed E-state index contributed by atoms with van der Waals surface area (Å²) in [6, 6.07) is 3.07. The van der Waals surface area contributed by atoms with Gasteiger partial charge in [-0.15, -0.1) is 0 Å². The fraction of sp³-hybridized carbons (Fsp3) is 0.385. The van der Waals surface area contributed by atoms with E-state index in [1.54, 1.807) is 11.0 Å². The number of carbonyl (C=O) groups is 2. The highest BCUT2D eigenvalue weighted by atomic mass is 35.5. The molecule has 1 saturated heterocycles. The van der Waals surface area contributed by atoms with Gasteiger partial charge >= 0.3 is 5.97 Å². The standard InChI is InChI=1S/C13H16ClN3O3/c1-20-13(19)9-5-8(15)6-10(14)12(9)17-4-2-3-16-11(18)7-17/h5-6H,2-4,7,15H2,1H3,(H,16,18). The number of nitrogen functional groups attached to an aromatic ring is 1. The second-order valence-corrected chi connectivity index (χ2v) is 4.92. The van der Waals surface area contributed by atoms with Crippen LogP contribution in [0.1, 0.15) is 16.8 Å². The number of esters is 1. The van der Waals surface area contributed by atoms with Crippen LogP contribution >= 0.6 is 11.6 Å². The number of hydrogen-bond donors (Lipinski definition) is 2. The van der Waals surface area contributed by atoms with Crippen LogP contribution in [0.4, 0.5) is 11.4 Å². The molecule has 1 heterocycles. The van der Waals surface area contributed by atoms with Crippen LogP contribution in [0, 0.1) is 0 Å². The predicted molar refractivity (Wildman–Crippen MR) is 77.0 cm³/mol. The van der Waals surface area contributed by atoms with Gasteiger partial charge in [-0.1, -0.05) is 11.6 Å². The summed E-state index contributed by atoms with van der Waals surface area (Å²) in [6.45, 7) is 1.37. The van der Waals surface area contributed by atoms with Crippen molar-refractivity contribution in [3.63, 3.8) is 0 Å². The van der Waals surface area contributed by atoms with Gasteiger partial charge in [0.15, 0.2) is 0 Å². The summed E-state index contributed by atoms with van der Waals surface area (Å²) < 4.78 is 4.76. The molecule has 0 aromatic heterocycles. The molecule has 0 bridgehead atoms. The number of halogens is 1. The van der Waals surface area contributed by atoms with Crippen LogP contribution in [0.2, 0.25) is 5.02 Å². The van der Waals surface area contributed by atoms with Crippen molar-refractivity contribution in [2.75, 3.05) is 37.4 Å². The molecule has 0 atom stereocenters. The maximum absolute atomic E-state index is 11.9. The molecule has 0 radical (unpaired) electrons. The van der Waals surface area contributed by atoms with Gasteiger partial charge in [0.25, 0.3) is 0 Å². The lowest BCUT2D eigenvalue weighted by molar-refractivity contribution is -0.119. The summed E-state index contributed by atoms with van der Waals surface area (Å²) in [5.41, 5.74) is 6.85. The van der Waals surface area contributed by atoms with E-state index in [1.807, 2.05) is 0 Å². The van der Waals surface area contributed by atoms with Crippen LogP contribution in [0.3, 0.4) is 0 Å². The molecule has 20 heavy (non-hydrogen) atoms. The third kappa shape index (κ3) is 2.96. The van der Waals surface area contributed by atoms with E-state index in [1.165, 1.54) is 13.2 Å². The first kappa shape index (κ1) is 14.5. The number of anilines is 2. The van der Waals surface area contributed by atoms with Gasteiger partial charge in [0.05, 0.1) is 29.9 Å². The Labute approximate surface area is 121 Å². The lowest BCUT2D eigenvalue weighted by Gasteiger charge is -2.25. The largest absolute Gasteiger partial charge is 0.465 e. The normalized spacial score (nSPS) is 15.5. The van der Waals surface area contributed by atoms with Crippen LogP contribution in [0.15, 0.2) is 12.1 Å². The Balaban J connectivity index is 2.48. The van der Waals surface area contributed by atoms with Crippen LogP contribution in [0.5, 0.6) is 0 Å². The fourth-order valence-corrected chi connectivity index (χ4v) is 2.55. The molecule has 1 aliphatic rings. The lowest BCUT2D eigenvalue weighted by atomic mass is 10.1. The predicted octanol–water partition coefficient (Wildman–Crippen LogP) is 1.04. The summed E-state index contributed by atoms with van der Waals surface area (Å²) in [4.78, 5) is 25.3. The number of amides is 1. The van der Waals surface area contributed by atoms with E-state index in [-0.39, 0.29) is 18.0 Å². The third-order valence-corrected chi connectivity index (χ3v) is 3.36. The molecule has 1 amide bonds. The number of hydrogen-bond acceptors (Lipinski definition) is 5. The summed E-state index contributed by atoms with van der Waals surface area (Å²) in [5.74, 6) is -0.634. The first-order valence-electron chi connectivity index (χ1n) is 6.22. The van der Waals surface area contributed by atoms with Crippen molar-refractivity contribution >= 4 is 34.9 Å². The quantitative estimate of drug-likeness (QED) is 0.629. The monoisotopic (exact) mass is 297 g/mol. The van der Waals surface area contributed by atoms with E-state index in [0.29, 0.717) is 29.5 Å². The number of nitrogens with two attached hydrogens (primary N) is 1. The smallest absolute Gasteiger partial charge is 0.340 e. The van der Waals surface area contributed by atoms with Crippen molar-refractivity contribution in [2.45, 2.75) is 6.42 Å². The highest BCUT2D eigenvalue weighted by molar-refractivity contribution is 6.34. The highest BCUT2D eigenvalue weighted by Crippen LogP contribution is 2.33. The number of methoxy groups -OCH3 is 1. The SMILES string of the molecule is COC(=O)c1cc(N)cc(Cl)c1N1CCCNC(=O)C1. The molecule has 1 aromatic rings. The molecule has 1 aliphatic heterocycles. The zero-order valence-corrected chi connectivity index (χ0v) is 11.9. The van der Waals surface area contributed by atoms with E-state index in [9.17, 15) is 9.59 Å². The molecule has 1 fully saturated rings. The van der Waals surface area contributed by atoms with Crippen molar-refractivity contribution in [2.24, 2.45) is 0 Å². The molecular formula is C13H16ClN3O3. The van der Waals surface area contributed by atoms with E-state index >= 15 is 0 Å². The minimum Gasteiger partial charge on any atom is -0.465 e. The number of nitrogens with zero attached hydrogens (tertiary/aromatic N) is 1. The number of carbonyl (C=O) groups excluding carboxylic acids is 2. The van der Waals surface area contributed by atoms with Gasteiger partial charge in [0.1, 0.15) is 0 Å². The van der Waals surface area contributed by atoms with Gasteiger partial charge in [-0.05, 0) is 18.6 Å².